The first-order valence-electron chi connectivity index (χ1n) is 6.35. The van der Waals surface area contributed by atoms with Crippen molar-refractivity contribution in [2.75, 3.05) is 38.1 Å². The van der Waals surface area contributed by atoms with E-state index in [2.05, 4.69) is 0 Å². The van der Waals surface area contributed by atoms with Gasteiger partial charge in [-0.2, -0.15) is 11.8 Å². The average Bonchev–Trinajstić information content (AvgIpc) is 2.85. The molecule has 0 aliphatic carbocycles. The van der Waals surface area contributed by atoms with Gasteiger partial charge < -0.3 is 9.47 Å². The number of aryl methyl sites for hydroxylation is 1. The highest BCUT2D eigenvalue weighted by atomic mass is 32.2. The second-order valence-corrected chi connectivity index (χ2v) is 8.18. The quantitative estimate of drug-likeness (QED) is 0.715. The molecule has 1 aliphatic rings. The fourth-order valence-corrected chi connectivity index (χ4v) is 4.00. The van der Waals surface area contributed by atoms with Gasteiger partial charge >= 0.3 is 0 Å². The summed E-state index contributed by atoms with van der Waals surface area (Å²) in [5.74, 6) is 3.28. The molecule has 2 rings (SSSR count). The van der Waals surface area contributed by atoms with Gasteiger partial charge in [-0.15, -0.1) is 0 Å². The Labute approximate surface area is 124 Å². The minimum atomic E-state index is -3.08. The third-order valence-electron chi connectivity index (χ3n) is 3.01. The van der Waals surface area contributed by atoms with Crippen LogP contribution in [0.2, 0.25) is 0 Å². The number of hydrogen-bond acceptors (Lipinski definition) is 5. The average molecular weight is 317 g/mol. The molecule has 1 aromatic carbocycles. The van der Waals surface area contributed by atoms with Gasteiger partial charge in [0.05, 0.1) is 5.75 Å². The normalized spacial score (nSPS) is 13.9. The molecule has 0 saturated carbocycles. The standard InChI is InChI=1S/C13H19NO4S2/c1-14(2)20(15,16)8-7-19-6-5-11-3-4-12-13(9-11)18-10-17-12/h3-4,9H,5-8,10H2,1-2H3. The van der Waals surface area contributed by atoms with Gasteiger partial charge in [0.1, 0.15) is 0 Å². The van der Waals surface area contributed by atoms with E-state index in [0.29, 0.717) is 5.75 Å². The highest BCUT2D eigenvalue weighted by Crippen LogP contribution is 2.32. The summed E-state index contributed by atoms with van der Waals surface area (Å²) in [7, 11) is 0.0489. The van der Waals surface area contributed by atoms with Crippen LogP contribution >= 0.6 is 11.8 Å². The number of thioether (sulfide) groups is 1. The van der Waals surface area contributed by atoms with Gasteiger partial charge in [-0.1, -0.05) is 6.07 Å². The Hall–Kier alpha value is -0.920. The molecular formula is C13H19NO4S2. The summed E-state index contributed by atoms with van der Waals surface area (Å²) in [4.78, 5) is 0. The summed E-state index contributed by atoms with van der Waals surface area (Å²) < 4.78 is 35.0. The Bertz CT molecular complexity index is 557. The van der Waals surface area contributed by atoms with Crippen molar-refractivity contribution in [2.24, 2.45) is 0 Å². The van der Waals surface area contributed by atoms with Crippen molar-refractivity contribution in [1.29, 1.82) is 0 Å². The molecule has 0 fully saturated rings. The molecule has 0 amide bonds. The molecule has 20 heavy (non-hydrogen) atoms. The third kappa shape index (κ3) is 4.04. The van der Waals surface area contributed by atoms with Crippen LogP contribution in [-0.4, -0.2) is 50.9 Å². The fraction of sp³-hybridized carbons (Fsp3) is 0.538. The van der Waals surface area contributed by atoms with E-state index < -0.39 is 10.0 Å². The smallest absolute Gasteiger partial charge is 0.231 e. The van der Waals surface area contributed by atoms with E-state index >= 15 is 0 Å². The minimum Gasteiger partial charge on any atom is -0.454 e. The number of hydrogen-bond donors (Lipinski definition) is 0. The molecule has 0 radical (unpaired) electrons. The zero-order chi connectivity index (χ0) is 14.6. The van der Waals surface area contributed by atoms with Gasteiger partial charge in [-0.05, 0) is 29.9 Å². The Morgan fingerprint density at radius 3 is 2.70 bits per heavy atom. The van der Waals surface area contributed by atoms with E-state index in [1.807, 2.05) is 18.2 Å². The molecule has 0 bridgehead atoms. The van der Waals surface area contributed by atoms with E-state index in [4.69, 9.17) is 9.47 Å². The third-order valence-corrected chi connectivity index (χ3v) is 6.09. The van der Waals surface area contributed by atoms with Crippen LogP contribution in [0.5, 0.6) is 11.5 Å². The Morgan fingerprint density at radius 2 is 1.95 bits per heavy atom. The highest BCUT2D eigenvalue weighted by molar-refractivity contribution is 8.00. The number of rotatable bonds is 7. The molecule has 1 heterocycles. The van der Waals surface area contributed by atoms with Gasteiger partial charge in [-0.3, -0.25) is 0 Å². The molecule has 0 saturated heterocycles. The summed E-state index contributed by atoms with van der Waals surface area (Å²) in [6.07, 6.45) is 0.892. The zero-order valence-electron chi connectivity index (χ0n) is 11.7. The summed E-state index contributed by atoms with van der Waals surface area (Å²) >= 11 is 1.65. The lowest BCUT2D eigenvalue weighted by atomic mass is 10.1. The predicted molar refractivity (Wildman–Crippen MR) is 81.1 cm³/mol. The van der Waals surface area contributed by atoms with Crippen LogP contribution in [0, 0.1) is 0 Å². The maximum atomic E-state index is 11.6. The Balaban J connectivity index is 1.72. The van der Waals surface area contributed by atoms with Gasteiger partial charge in [0.15, 0.2) is 11.5 Å². The zero-order valence-corrected chi connectivity index (χ0v) is 13.3. The van der Waals surface area contributed by atoms with Gasteiger partial charge in [0.25, 0.3) is 0 Å². The molecular weight excluding hydrogens is 298 g/mol. The topological polar surface area (TPSA) is 55.8 Å². The van der Waals surface area contributed by atoms with Crippen LogP contribution in [0.25, 0.3) is 0 Å². The monoisotopic (exact) mass is 317 g/mol. The highest BCUT2D eigenvalue weighted by Gasteiger charge is 2.14. The second-order valence-electron chi connectivity index (χ2n) is 4.65. The van der Waals surface area contributed by atoms with Crippen LogP contribution in [0.4, 0.5) is 0 Å². The lowest BCUT2D eigenvalue weighted by molar-refractivity contribution is 0.174. The first kappa shape index (κ1) is 15.5. The number of ether oxygens (including phenoxy) is 2. The van der Waals surface area contributed by atoms with Crippen LogP contribution in [0.15, 0.2) is 18.2 Å². The SMILES string of the molecule is CN(C)S(=O)(=O)CCSCCc1ccc2c(c1)OCO2. The second kappa shape index (κ2) is 6.69. The summed E-state index contributed by atoms with van der Waals surface area (Å²) in [5.41, 5.74) is 1.18. The molecule has 5 nitrogen and oxygen atoms in total. The van der Waals surface area contributed by atoms with E-state index in [1.165, 1.54) is 9.87 Å². The van der Waals surface area contributed by atoms with Gasteiger partial charge in [0.2, 0.25) is 16.8 Å². The maximum Gasteiger partial charge on any atom is 0.231 e. The van der Waals surface area contributed by atoms with E-state index in [0.717, 1.165) is 23.7 Å². The molecule has 0 aromatic heterocycles. The van der Waals surface area contributed by atoms with Gasteiger partial charge in [0, 0.05) is 19.8 Å². The molecule has 0 atom stereocenters. The number of fused-ring (bicyclic) bond motifs is 1. The van der Waals surface area contributed by atoms with Crippen molar-refractivity contribution in [1.82, 2.24) is 4.31 Å². The largest absolute Gasteiger partial charge is 0.454 e. The fourth-order valence-electron chi connectivity index (χ4n) is 1.74. The van der Waals surface area contributed by atoms with E-state index in [-0.39, 0.29) is 12.5 Å². The molecule has 7 heteroatoms. The van der Waals surface area contributed by atoms with Crippen molar-refractivity contribution in [3.05, 3.63) is 23.8 Å². The summed E-state index contributed by atoms with van der Waals surface area (Å²) in [5, 5.41) is 0. The van der Waals surface area contributed by atoms with Crippen LogP contribution < -0.4 is 9.47 Å². The molecule has 1 aromatic rings. The summed E-state index contributed by atoms with van der Waals surface area (Å²) in [6, 6.07) is 5.92. The summed E-state index contributed by atoms with van der Waals surface area (Å²) in [6.45, 7) is 0.288. The lowest BCUT2D eigenvalue weighted by Gasteiger charge is -2.10. The number of nitrogens with zero attached hydrogens (tertiary/aromatic N) is 1. The van der Waals surface area contributed by atoms with Gasteiger partial charge in [-0.25, -0.2) is 12.7 Å². The first-order valence-corrected chi connectivity index (χ1v) is 9.12. The Kier molecular flexibility index (Phi) is 5.17. The predicted octanol–water partition coefficient (Wildman–Crippen LogP) is 1.58. The molecule has 112 valence electrons. The molecule has 0 spiro atoms. The van der Waals surface area contributed by atoms with Crippen LogP contribution in [-0.2, 0) is 16.4 Å². The molecule has 1 aliphatic heterocycles. The number of benzene rings is 1. The molecule has 0 unspecified atom stereocenters. The minimum absolute atomic E-state index is 0.186. The van der Waals surface area contributed by atoms with E-state index in [1.54, 1.807) is 25.9 Å². The van der Waals surface area contributed by atoms with Crippen molar-refractivity contribution < 1.29 is 17.9 Å². The van der Waals surface area contributed by atoms with Crippen molar-refractivity contribution in [3.63, 3.8) is 0 Å². The number of sulfonamides is 1. The van der Waals surface area contributed by atoms with Crippen LogP contribution in [0.3, 0.4) is 0 Å². The van der Waals surface area contributed by atoms with E-state index in [9.17, 15) is 8.42 Å². The Morgan fingerprint density at radius 1 is 1.20 bits per heavy atom. The maximum absolute atomic E-state index is 11.6. The van der Waals surface area contributed by atoms with Crippen molar-refractivity contribution in [2.45, 2.75) is 6.42 Å². The molecule has 0 N–H and O–H groups in total. The van der Waals surface area contributed by atoms with Crippen molar-refractivity contribution >= 4 is 21.8 Å². The first-order chi connectivity index (χ1) is 9.49. The van der Waals surface area contributed by atoms with Crippen molar-refractivity contribution in [3.8, 4) is 11.5 Å². The van der Waals surface area contributed by atoms with Crippen LogP contribution in [0.1, 0.15) is 5.56 Å². The lowest BCUT2D eigenvalue weighted by Crippen LogP contribution is -2.26.